The number of aliphatic hydroxyl groups is 1. The SMILES string of the molecule is CC(C)(C#N)C(O)c1sccc1Br. The summed E-state index contributed by atoms with van der Waals surface area (Å²) in [5, 5.41) is 20.6. The van der Waals surface area contributed by atoms with Gasteiger partial charge < -0.3 is 5.11 Å². The summed E-state index contributed by atoms with van der Waals surface area (Å²) in [4.78, 5) is 0.812. The minimum absolute atomic E-state index is 0.730. The van der Waals surface area contributed by atoms with Crippen LogP contribution in [0.5, 0.6) is 0 Å². The molecule has 1 heterocycles. The van der Waals surface area contributed by atoms with Crippen LogP contribution in [0.3, 0.4) is 0 Å². The monoisotopic (exact) mass is 259 g/mol. The van der Waals surface area contributed by atoms with E-state index in [1.54, 1.807) is 13.8 Å². The van der Waals surface area contributed by atoms with E-state index in [-0.39, 0.29) is 0 Å². The molecule has 0 amide bonds. The number of halogens is 1. The molecule has 13 heavy (non-hydrogen) atoms. The van der Waals surface area contributed by atoms with Gasteiger partial charge in [0.15, 0.2) is 0 Å². The number of nitrogens with zero attached hydrogens (tertiary/aromatic N) is 1. The summed E-state index contributed by atoms with van der Waals surface area (Å²) in [6.07, 6.45) is -0.730. The molecule has 0 aliphatic heterocycles. The molecule has 1 rings (SSSR count). The molecule has 0 fully saturated rings. The number of nitriles is 1. The van der Waals surface area contributed by atoms with Crippen LogP contribution in [0, 0.1) is 16.7 Å². The van der Waals surface area contributed by atoms with Gasteiger partial charge in [0, 0.05) is 9.35 Å². The Morgan fingerprint density at radius 2 is 2.31 bits per heavy atom. The van der Waals surface area contributed by atoms with E-state index in [1.165, 1.54) is 11.3 Å². The minimum Gasteiger partial charge on any atom is -0.386 e. The lowest BCUT2D eigenvalue weighted by Gasteiger charge is -2.22. The van der Waals surface area contributed by atoms with Gasteiger partial charge in [-0.05, 0) is 41.2 Å². The first-order valence-electron chi connectivity index (χ1n) is 3.81. The van der Waals surface area contributed by atoms with Gasteiger partial charge in [-0.25, -0.2) is 0 Å². The first-order valence-corrected chi connectivity index (χ1v) is 5.48. The van der Waals surface area contributed by atoms with Gasteiger partial charge in [0.2, 0.25) is 0 Å². The fourth-order valence-corrected chi connectivity index (χ4v) is 2.65. The Morgan fingerprint density at radius 3 is 2.69 bits per heavy atom. The standard InChI is InChI=1S/C9H10BrNOS/c1-9(2,5-11)8(12)7-6(10)3-4-13-7/h3-4,8,12H,1-2H3. The predicted molar refractivity (Wildman–Crippen MR) is 56.4 cm³/mol. The van der Waals surface area contributed by atoms with Gasteiger partial charge in [0.05, 0.1) is 11.5 Å². The molecule has 0 spiro atoms. The molecular weight excluding hydrogens is 250 g/mol. The van der Waals surface area contributed by atoms with Gasteiger partial charge in [-0.3, -0.25) is 0 Å². The van der Waals surface area contributed by atoms with Crippen molar-refractivity contribution in [3.63, 3.8) is 0 Å². The van der Waals surface area contributed by atoms with Crippen LogP contribution in [-0.4, -0.2) is 5.11 Å². The maximum absolute atomic E-state index is 9.88. The average molecular weight is 260 g/mol. The van der Waals surface area contributed by atoms with Crippen molar-refractivity contribution in [2.45, 2.75) is 20.0 Å². The highest BCUT2D eigenvalue weighted by atomic mass is 79.9. The zero-order valence-corrected chi connectivity index (χ0v) is 9.82. The number of hydrogen-bond donors (Lipinski definition) is 1. The lowest BCUT2D eigenvalue weighted by Crippen LogP contribution is -2.19. The molecule has 70 valence electrons. The van der Waals surface area contributed by atoms with Crippen LogP contribution in [0.25, 0.3) is 0 Å². The Hall–Kier alpha value is -0.370. The summed E-state index contributed by atoms with van der Waals surface area (Å²) in [5.74, 6) is 0. The quantitative estimate of drug-likeness (QED) is 0.887. The Kier molecular flexibility index (Phi) is 3.12. The van der Waals surface area contributed by atoms with Crippen LogP contribution in [0.4, 0.5) is 0 Å². The number of hydrogen-bond acceptors (Lipinski definition) is 3. The molecule has 0 bridgehead atoms. The van der Waals surface area contributed by atoms with Gasteiger partial charge in [-0.15, -0.1) is 11.3 Å². The molecule has 1 aromatic rings. The fourth-order valence-electron chi connectivity index (χ4n) is 0.889. The highest BCUT2D eigenvalue weighted by Gasteiger charge is 2.31. The molecule has 1 atom stereocenters. The molecule has 1 unspecified atom stereocenters. The molecule has 2 nitrogen and oxygen atoms in total. The fraction of sp³-hybridized carbons (Fsp3) is 0.444. The molecule has 1 aromatic heterocycles. The van der Waals surface area contributed by atoms with Gasteiger partial charge in [0.1, 0.15) is 6.10 Å². The summed E-state index contributed by atoms with van der Waals surface area (Å²) in [7, 11) is 0. The van der Waals surface area contributed by atoms with Crippen molar-refractivity contribution < 1.29 is 5.11 Å². The van der Waals surface area contributed by atoms with Crippen molar-refractivity contribution in [2.75, 3.05) is 0 Å². The van der Waals surface area contributed by atoms with E-state index in [2.05, 4.69) is 22.0 Å². The molecule has 1 N–H and O–H groups in total. The molecule has 0 saturated heterocycles. The van der Waals surface area contributed by atoms with Gasteiger partial charge >= 0.3 is 0 Å². The molecule has 0 aliphatic carbocycles. The van der Waals surface area contributed by atoms with E-state index in [0.29, 0.717) is 0 Å². The number of rotatable bonds is 2. The van der Waals surface area contributed by atoms with Crippen LogP contribution in [0.15, 0.2) is 15.9 Å². The second-order valence-electron chi connectivity index (χ2n) is 3.37. The van der Waals surface area contributed by atoms with E-state index < -0.39 is 11.5 Å². The molecule has 0 aliphatic rings. The van der Waals surface area contributed by atoms with Gasteiger partial charge in [-0.1, -0.05) is 0 Å². The summed E-state index contributed by atoms with van der Waals surface area (Å²) in [6.45, 7) is 3.45. The minimum atomic E-state index is -0.743. The highest BCUT2D eigenvalue weighted by Crippen LogP contribution is 2.39. The first kappa shape index (κ1) is 10.7. The van der Waals surface area contributed by atoms with Crippen LogP contribution in [0.1, 0.15) is 24.8 Å². The van der Waals surface area contributed by atoms with E-state index in [9.17, 15) is 5.11 Å². The molecule has 0 radical (unpaired) electrons. The third kappa shape index (κ3) is 2.11. The largest absolute Gasteiger partial charge is 0.386 e. The predicted octanol–water partition coefficient (Wildman–Crippen LogP) is 3.09. The lowest BCUT2D eigenvalue weighted by atomic mass is 9.87. The maximum atomic E-state index is 9.88. The van der Waals surface area contributed by atoms with E-state index in [4.69, 9.17) is 5.26 Å². The van der Waals surface area contributed by atoms with Crippen molar-refractivity contribution in [1.29, 1.82) is 5.26 Å². The second kappa shape index (κ2) is 3.79. The topological polar surface area (TPSA) is 44.0 Å². The smallest absolute Gasteiger partial charge is 0.107 e. The van der Waals surface area contributed by atoms with Crippen LogP contribution in [0.2, 0.25) is 0 Å². The van der Waals surface area contributed by atoms with Crippen LogP contribution < -0.4 is 0 Å². The summed E-state index contributed by atoms with van der Waals surface area (Å²) in [5.41, 5.74) is -0.743. The lowest BCUT2D eigenvalue weighted by molar-refractivity contribution is 0.0895. The average Bonchev–Trinajstić information content (AvgIpc) is 2.50. The third-order valence-electron chi connectivity index (χ3n) is 1.86. The van der Waals surface area contributed by atoms with Crippen molar-refractivity contribution in [2.24, 2.45) is 5.41 Å². The van der Waals surface area contributed by atoms with Crippen molar-refractivity contribution in [3.8, 4) is 6.07 Å². The van der Waals surface area contributed by atoms with E-state index in [0.717, 1.165) is 9.35 Å². The normalized spacial score (nSPS) is 13.8. The molecular formula is C9H10BrNOS. The Balaban J connectivity index is 3.00. The first-order chi connectivity index (χ1) is 5.99. The van der Waals surface area contributed by atoms with Crippen LogP contribution >= 0.6 is 27.3 Å². The van der Waals surface area contributed by atoms with Crippen molar-refractivity contribution in [1.82, 2.24) is 0 Å². The van der Waals surface area contributed by atoms with Crippen LogP contribution in [-0.2, 0) is 0 Å². The molecule has 4 heteroatoms. The summed E-state index contributed by atoms with van der Waals surface area (Å²) < 4.78 is 0.869. The Labute approximate surface area is 90.0 Å². The summed E-state index contributed by atoms with van der Waals surface area (Å²) >= 11 is 4.78. The zero-order chi connectivity index (χ0) is 10.1. The third-order valence-corrected chi connectivity index (χ3v) is 3.79. The number of aliphatic hydroxyl groups excluding tert-OH is 1. The van der Waals surface area contributed by atoms with Crippen molar-refractivity contribution >= 4 is 27.3 Å². The number of thiophene rings is 1. The second-order valence-corrected chi connectivity index (χ2v) is 5.17. The maximum Gasteiger partial charge on any atom is 0.107 e. The molecule has 0 saturated carbocycles. The van der Waals surface area contributed by atoms with E-state index in [1.807, 2.05) is 11.4 Å². The Bertz CT molecular complexity index is 340. The zero-order valence-electron chi connectivity index (χ0n) is 7.41. The van der Waals surface area contributed by atoms with Crippen molar-refractivity contribution in [3.05, 3.63) is 20.8 Å². The Morgan fingerprint density at radius 1 is 1.69 bits per heavy atom. The highest BCUT2D eigenvalue weighted by molar-refractivity contribution is 9.10. The molecule has 0 aromatic carbocycles. The van der Waals surface area contributed by atoms with Gasteiger partial charge in [-0.2, -0.15) is 5.26 Å². The van der Waals surface area contributed by atoms with Gasteiger partial charge in [0.25, 0.3) is 0 Å². The summed E-state index contributed by atoms with van der Waals surface area (Å²) in [6, 6.07) is 3.96. The van der Waals surface area contributed by atoms with E-state index >= 15 is 0 Å².